The molecule has 0 atom stereocenters. The molecule has 4 heteroatoms. The lowest BCUT2D eigenvalue weighted by Crippen LogP contribution is -2.16. The SMILES string of the molecule is C[Si](C)(C)C#Cc1cc2c(c(Cl)n1)OCC2. The molecule has 1 aliphatic heterocycles. The number of rotatable bonds is 0. The highest BCUT2D eigenvalue weighted by Crippen LogP contribution is 2.32. The maximum atomic E-state index is 6.03. The second-order valence-electron chi connectivity index (χ2n) is 4.89. The molecule has 0 unspecified atom stereocenters. The van der Waals surface area contributed by atoms with Gasteiger partial charge in [-0.1, -0.05) is 37.2 Å². The van der Waals surface area contributed by atoms with E-state index in [4.69, 9.17) is 16.3 Å². The number of nitrogens with zero attached hydrogens (tertiary/aromatic N) is 1. The van der Waals surface area contributed by atoms with Gasteiger partial charge in [-0.3, -0.25) is 0 Å². The minimum Gasteiger partial charge on any atom is -0.490 e. The summed E-state index contributed by atoms with van der Waals surface area (Å²) < 4.78 is 5.40. The third-order valence-electron chi connectivity index (χ3n) is 2.19. The highest BCUT2D eigenvalue weighted by molar-refractivity contribution is 6.83. The molecular formula is C12H14ClNOSi. The van der Waals surface area contributed by atoms with Gasteiger partial charge in [-0.2, -0.15) is 0 Å². The van der Waals surface area contributed by atoms with E-state index in [9.17, 15) is 0 Å². The molecule has 16 heavy (non-hydrogen) atoms. The molecule has 1 aliphatic rings. The fourth-order valence-corrected chi connectivity index (χ4v) is 2.24. The van der Waals surface area contributed by atoms with Gasteiger partial charge in [-0.05, 0) is 6.07 Å². The third-order valence-corrected chi connectivity index (χ3v) is 3.32. The first-order chi connectivity index (χ1) is 7.46. The summed E-state index contributed by atoms with van der Waals surface area (Å²) in [5.41, 5.74) is 5.17. The minimum atomic E-state index is -1.36. The molecule has 2 rings (SSSR count). The standard InChI is InChI=1S/C12H14ClNOSi/c1-16(2,3)7-5-10-8-9-4-6-15-11(9)12(13)14-10/h8H,4,6H2,1-3H3. The van der Waals surface area contributed by atoms with Gasteiger partial charge in [0.2, 0.25) is 0 Å². The number of hydrogen-bond donors (Lipinski definition) is 0. The van der Waals surface area contributed by atoms with Crippen molar-refractivity contribution in [3.05, 3.63) is 22.5 Å². The molecule has 1 aromatic rings. The number of fused-ring (bicyclic) bond motifs is 1. The molecule has 84 valence electrons. The van der Waals surface area contributed by atoms with Crippen LogP contribution in [0.2, 0.25) is 24.8 Å². The van der Waals surface area contributed by atoms with Crippen LogP contribution in [0.5, 0.6) is 5.75 Å². The average Bonchev–Trinajstić information content (AvgIpc) is 2.62. The lowest BCUT2D eigenvalue weighted by Gasteiger charge is -2.04. The van der Waals surface area contributed by atoms with E-state index in [0.29, 0.717) is 11.8 Å². The van der Waals surface area contributed by atoms with Crippen LogP contribution < -0.4 is 4.74 Å². The Hall–Kier alpha value is -0.983. The average molecular weight is 252 g/mol. The van der Waals surface area contributed by atoms with Gasteiger partial charge < -0.3 is 4.74 Å². The summed E-state index contributed by atoms with van der Waals surface area (Å²) in [7, 11) is -1.36. The zero-order valence-corrected chi connectivity index (χ0v) is 11.5. The molecule has 0 N–H and O–H groups in total. The van der Waals surface area contributed by atoms with Gasteiger partial charge in [0.05, 0.1) is 6.61 Å². The molecule has 0 fully saturated rings. The van der Waals surface area contributed by atoms with Crippen molar-refractivity contribution in [2.45, 2.75) is 26.1 Å². The highest BCUT2D eigenvalue weighted by Gasteiger charge is 2.17. The fraction of sp³-hybridized carbons (Fsp3) is 0.417. The van der Waals surface area contributed by atoms with Crippen molar-refractivity contribution in [2.75, 3.05) is 6.61 Å². The predicted molar refractivity (Wildman–Crippen MR) is 68.7 cm³/mol. The monoisotopic (exact) mass is 251 g/mol. The minimum absolute atomic E-state index is 0.440. The molecule has 0 saturated heterocycles. The number of aromatic nitrogens is 1. The third kappa shape index (κ3) is 2.58. The molecule has 0 aliphatic carbocycles. The molecule has 0 bridgehead atoms. The van der Waals surface area contributed by atoms with Gasteiger partial charge >= 0.3 is 0 Å². The number of ether oxygens (including phenoxy) is 1. The van der Waals surface area contributed by atoms with Crippen LogP contribution in [-0.4, -0.2) is 19.7 Å². The normalized spacial score (nSPS) is 13.8. The van der Waals surface area contributed by atoms with Crippen LogP contribution in [0.4, 0.5) is 0 Å². The molecule has 0 amide bonds. The van der Waals surface area contributed by atoms with Gasteiger partial charge in [-0.25, -0.2) is 4.98 Å². The zero-order chi connectivity index (χ0) is 11.8. The predicted octanol–water partition coefficient (Wildman–Crippen LogP) is 2.90. The summed E-state index contributed by atoms with van der Waals surface area (Å²) in [4.78, 5) is 4.24. The molecule has 0 radical (unpaired) electrons. The van der Waals surface area contributed by atoms with Gasteiger partial charge in [0, 0.05) is 12.0 Å². The van der Waals surface area contributed by atoms with E-state index in [0.717, 1.165) is 23.4 Å². The molecule has 0 saturated carbocycles. The van der Waals surface area contributed by atoms with Crippen LogP contribution in [0.3, 0.4) is 0 Å². The van der Waals surface area contributed by atoms with Crippen molar-refractivity contribution in [2.24, 2.45) is 0 Å². The van der Waals surface area contributed by atoms with Crippen molar-refractivity contribution in [1.29, 1.82) is 0 Å². The zero-order valence-electron chi connectivity index (χ0n) is 9.72. The van der Waals surface area contributed by atoms with Crippen molar-refractivity contribution < 1.29 is 4.74 Å². The number of hydrogen-bond acceptors (Lipinski definition) is 2. The second kappa shape index (κ2) is 4.12. The quantitative estimate of drug-likeness (QED) is 0.402. The Labute approximate surface area is 102 Å². The Balaban J connectivity index is 2.37. The molecule has 1 aromatic heterocycles. The molecule has 2 heterocycles. The van der Waals surface area contributed by atoms with Gasteiger partial charge in [-0.15, -0.1) is 5.54 Å². The maximum Gasteiger partial charge on any atom is 0.172 e. The number of pyridine rings is 1. The molecule has 0 aromatic carbocycles. The van der Waals surface area contributed by atoms with Crippen LogP contribution in [0.15, 0.2) is 6.07 Å². The summed E-state index contributed by atoms with van der Waals surface area (Å²) in [6.45, 7) is 7.32. The lowest BCUT2D eigenvalue weighted by atomic mass is 10.2. The van der Waals surface area contributed by atoms with E-state index in [1.807, 2.05) is 6.07 Å². The maximum absolute atomic E-state index is 6.03. The van der Waals surface area contributed by atoms with E-state index < -0.39 is 8.07 Å². The largest absolute Gasteiger partial charge is 0.490 e. The highest BCUT2D eigenvalue weighted by atomic mass is 35.5. The molecule has 0 spiro atoms. The second-order valence-corrected chi connectivity index (χ2v) is 9.99. The van der Waals surface area contributed by atoms with Crippen molar-refractivity contribution in [1.82, 2.24) is 4.98 Å². The first-order valence-corrected chi connectivity index (χ1v) is 9.19. The van der Waals surface area contributed by atoms with Crippen LogP contribution in [0.25, 0.3) is 0 Å². The summed E-state index contributed by atoms with van der Waals surface area (Å²) in [5.74, 6) is 3.85. The van der Waals surface area contributed by atoms with Crippen molar-refractivity contribution >= 4 is 19.7 Å². The van der Waals surface area contributed by atoms with Crippen molar-refractivity contribution in [3.63, 3.8) is 0 Å². The topological polar surface area (TPSA) is 22.1 Å². The summed E-state index contributed by atoms with van der Waals surface area (Å²) >= 11 is 6.03. The molecule has 2 nitrogen and oxygen atoms in total. The van der Waals surface area contributed by atoms with Crippen LogP contribution in [-0.2, 0) is 6.42 Å². The summed E-state index contributed by atoms with van der Waals surface area (Å²) in [6, 6.07) is 1.99. The van der Waals surface area contributed by atoms with E-state index in [2.05, 4.69) is 36.1 Å². The Bertz CT molecular complexity index is 482. The van der Waals surface area contributed by atoms with Crippen LogP contribution in [0.1, 0.15) is 11.3 Å². The molecular weight excluding hydrogens is 238 g/mol. The van der Waals surface area contributed by atoms with Crippen molar-refractivity contribution in [3.8, 4) is 17.2 Å². The first-order valence-electron chi connectivity index (χ1n) is 5.31. The Morgan fingerprint density at radius 2 is 2.19 bits per heavy atom. The number of halogens is 1. The Morgan fingerprint density at radius 1 is 1.44 bits per heavy atom. The first kappa shape index (κ1) is 11.5. The lowest BCUT2D eigenvalue weighted by molar-refractivity contribution is 0.356. The van der Waals surface area contributed by atoms with E-state index in [1.54, 1.807) is 0 Å². The smallest absolute Gasteiger partial charge is 0.172 e. The van der Waals surface area contributed by atoms with E-state index in [-0.39, 0.29) is 0 Å². The fourth-order valence-electron chi connectivity index (χ4n) is 1.47. The van der Waals surface area contributed by atoms with Crippen LogP contribution in [0, 0.1) is 11.5 Å². The van der Waals surface area contributed by atoms with Crippen LogP contribution >= 0.6 is 11.6 Å². The summed E-state index contributed by atoms with van der Waals surface area (Å²) in [5, 5.41) is 0.440. The van der Waals surface area contributed by atoms with Gasteiger partial charge in [0.1, 0.15) is 13.8 Å². The Kier molecular flexibility index (Phi) is 2.96. The van der Waals surface area contributed by atoms with E-state index in [1.165, 1.54) is 0 Å². The van der Waals surface area contributed by atoms with E-state index >= 15 is 0 Å². The Morgan fingerprint density at radius 3 is 2.88 bits per heavy atom. The van der Waals surface area contributed by atoms with Gasteiger partial charge in [0.15, 0.2) is 10.9 Å². The summed E-state index contributed by atoms with van der Waals surface area (Å²) in [6.07, 6.45) is 0.902. The van der Waals surface area contributed by atoms with Gasteiger partial charge in [0.25, 0.3) is 0 Å².